The largest absolute Gasteiger partial charge is 0.462 e. The molecule has 1 fully saturated rings. The number of hydrogen-bond donors (Lipinski definition) is 2. The number of carbonyl (C=O) groups is 5. The van der Waals surface area contributed by atoms with Crippen LogP contribution in [-0.2, 0) is 38.2 Å². The predicted molar refractivity (Wildman–Crippen MR) is 141 cm³/mol. The van der Waals surface area contributed by atoms with Crippen LogP contribution in [0, 0.1) is 0 Å². The van der Waals surface area contributed by atoms with Gasteiger partial charge < -0.3 is 24.4 Å². The molecule has 15 nitrogen and oxygen atoms in total. The van der Waals surface area contributed by atoms with Gasteiger partial charge in [0.2, 0.25) is 0 Å². The second kappa shape index (κ2) is 14.0. The van der Waals surface area contributed by atoms with E-state index in [0.717, 1.165) is 16.3 Å². The number of fused-ring (bicyclic) bond motifs is 1. The summed E-state index contributed by atoms with van der Waals surface area (Å²) in [6.07, 6.45) is 2.54. The molecule has 3 rings (SSSR count). The highest BCUT2D eigenvalue weighted by Gasteiger charge is 2.50. The topological polar surface area (TPSA) is 178 Å². The Morgan fingerprint density at radius 3 is 2.58 bits per heavy atom. The average molecular weight is 577 g/mol. The standard InChI is InChI=1S/C24H28N6O9S/c1-5-8-37-21(33)14-11-29-12-15(20(32)30(29)18(14)22(34)38-9-6-2)25-19(31)17(28-36-4)16-13-40-23(26-16)27-24(35)39-10-7-3/h6-7,13,15H,2-3,5,8-12H2,1,4H3,(H,25,31)(H,26,27,35)/b28-17-. The molecule has 1 saturated heterocycles. The summed E-state index contributed by atoms with van der Waals surface area (Å²) in [4.78, 5) is 72.5. The van der Waals surface area contributed by atoms with Gasteiger partial charge in [-0.25, -0.2) is 29.4 Å². The summed E-state index contributed by atoms with van der Waals surface area (Å²) in [5.41, 5.74) is -0.527. The van der Waals surface area contributed by atoms with Crippen molar-refractivity contribution >= 4 is 52.0 Å². The van der Waals surface area contributed by atoms with Crippen LogP contribution in [0.2, 0.25) is 0 Å². The Morgan fingerprint density at radius 1 is 1.18 bits per heavy atom. The fraction of sp³-hybridized carbons (Fsp3) is 0.375. The van der Waals surface area contributed by atoms with Gasteiger partial charge in [-0.2, -0.15) is 0 Å². The maximum Gasteiger partial charge on any atom is 0.413 e. The van der Waals surface area contributed by atoms with Gasteiger partial charge in [-0.3, -0.25) is 14.9 Å². The molecule has 2 aliphatic rings. The molecule has 40 heavy (non-hydrogen) atoms. The number of esters is 2. The Balaban J connectivity index is 1.77. The molecule has 3 amide bonds. The summed E-state index contributed by atoms with van der Waals surface area (Å²) in [6, 6.07) is -1.12. The van der Waals surface area contributed by atoms with E-state index in [4.69, 9.17) is 19.0 Å². The molecule has 1 unspecified atom stereocenters. The van der Waals surface area contributed by atoms with Gasteiger partial charge in [-0.05, 0) is 6.42 Å². The summed E-state index contributed by atoms with van der Waals surface area (Å²) < 4.78 is 15.1. The van der Waals surface area contributed by atoms with Crippen LogP contribution in [0.5, 0.6) is 0 Å². The summed E-state index contributed by atoms with van der Waals surface area (Å²) in [7, 11) is 1.22. The first-order chi connectivity index (χ1) is 19.2. The van der Waals surface area contributed by atoms with Crippen molar-refractivity contribution in [2.75, 3.05) is 45.3 Å². The lowest BCUT2D eigenvalue weighted by Crippen LogP contribution is -2.46. The highest BCUT2D eigenvalue weighted by Crippen LogP contribution is 2.31. The smallest absolute Gasteiger partial charge is 0.413 e. The van der Waals surface area contributed by atoms with E-state index in [-0.39, 0.29) is 60.7 Å². The number of nitrogens with zero attached hydrogens (tertiary/aromatic N) is 4. The van der Waals surface area contributed by atoms with Gasteiger partial charge in [0.05, 0.1) is 18.7 Å². The summed E-state index contributed by atoms with van der Waals surface area (Å²) in [6.45, 7) is 8.56. The molecule has 0 aliphatic carbocycles. The minimum absolute atomic E-state index is 0.00337. The predicted octanol–water partition coefficient (Wildman–Crippen LogP) is 0.722. The van der Waals surface area contributed by atoms with Crippen molar-refractivity contribution in [2.24, 2.45) is 5.16 Å². The van der Waals surface area contributed by atoms with E-state index in [1.165, 1.54) is 29.7 Å². The molecule has 0 radical (unpaired) electrons. The van der Waals surface area contributed by atoms with Crippen LogP contribution in [0.15, 0.2) is 47.1 Å². The van der Waals surface area contributed by atoms with Crippen molar-refractivity contribution in [2.45, 2.75) is 19.4 Å². The number of ether oxygens (including phenoxy) is 3. The van der Waals surface area contributed by atoms with Gasteiger partial charge >= 0.3 is 18.0 Å². The SMILES string of the molecule is C=CCOC(=O)Nc1nc(/C(=N/OC)C(=O)NC2CN3CC(C(=O)OCCC)=C(C(=O)OCC=C)N3C2=O)cs1. The van der Waals surface area contributed by atoms with Gasteiger partial charge in [0.15, 0.2) is 16.5 Å². The molecule has 0 aromatic carbocycles. The fourth-order valence-corrected chi connectivity index (χ4v) is 4.29. The third kappa shape index (κ3) is 6.89. The van der Waals surface area contributed by atoms with Crippen LogP contribution in [0.1, 0.15) is 19.0 Å². The molecule has 0 saturated carbocycles. The zero-order chi connectivity index (χ0) is 29.2. The fourth-order valence-electron chi connectivity index (χ4n) is 3.61. The van der Waals surface area contributed by atoms with E-state index in [0.29, 0.717) is 6.42 Å². The first-order valence-corrected chi connectivity index (χ1v) is 12.8. The normalized spacial score (nSPS) is 16.8. The Labute approximate surface area is 233 Å². The maximum atomic E-state index is 13.3. The molecule has 2 aliphatic heterocycles. The molecule has 214 valence electrons. The van der Waals surface area contributed by atoms with Crippen LogP contribution >= 0.6 is 11.3 Å². The molecular weight excluding hydrogens is 548 g/mol. The number of thiazole rings is 1. The molecule has 1 atom stereocenters. The molecule has 2 N–H and O–H groups in total. The Kier molecular flexibility index (Phi) is 10.5. The third-order valence-corrected chi connectivity index (χ3v) is 5.98. The number of carbonyl (C=O) groups excluding carboxylic acids is 5. The minimum Gasteiger partial charge on any atom is -0.462 e. The number of amides is 3. The zero-order valence-electron chi connectivity index (χ0n) is 21.8. The Bertz CT molecular complexity index is 1260. The monoisotopic (exact) mass is 576 g/mol. The van der Waals surface area contributed by atoms with Crippen LogP contribution in [-0.4, -0.2) is 96.6 Å². The van der Waals surface area contributed by atoms with Gasteiger partial charge in [-0.1, -0.05) is 37.4 Å². The quantitative estimate of drug-likeness (QED) is 0.111. The summed E-state index contributed by atoms with van der Waals surface area (Å²) in [5.74, 6) is -3.15. The molecule has 0 bridgehead atoms. The zero-order valence-corrected chi connectivity index (χ0v) is 22.7. The second-order valence-corrected chi connectivity index (χ2v) is 8.90. The van der Waals surface area contributed by atoms with Crippen molar-refractivity contribution in [3.05, 3.63) is 47.7 Å². The van der Waals surface area contributed by atoms with Gasteiger partial charge in [0.25, 0.3) is 11.8 Å². The van der Waals surface area contributed by atoms with E-state index < -0.39 is 35.9 Å². The lowest BCUT2D eigenvalue weighted by Gasteiger charge is -2.20. The first-order valence-electron chi connectivity index (χ1n) is 11.9. The second-order valence-electron chi connectivity index (χ2n) is 8.05. The number of nitrogens with one attached hydrogen (secondary N) is 2. The Hall–Kier alpha value is -4.57. The van der Waals surface area contributed by atoms with Gasteiger partial charge in [-0.15, -0.1) is 11.3 Å². The highest BCUT2D eigenvalue weighted by atomic mass is 32.1. The molecule has 16 heteroatoms. The first kappa shape index (κ1) is 30.0. The average Bonchev–Trinajstić information content (AvgIpc) is 3.63. The summed E-state index contributed by atoms with van der Waals surface area (Å²) >= 11 is 1.00. The van der Waals surface area contributed by atoms with Crippen molar-refractivity contribution in [3.63, 3.8) is 0 Å². The van der Waals surface area contributed by atoms with Gasteiger partial charge in [0.1, 0.15) is 32.1 Å². The number of rotatable bonds is 13. The number of oxime groups is 1. The van der Waals surface area contributed by atoms with Crippen LogP contribution in [0.4, 0.5) is 9.93 Å². The molecule has 1 aromatic rings. The van der Waals surface area contributed by atoms with Crippen molar-refractivity contribution in [1.82, 2.24) is 20.3 Å². The van der Waals surface area contributed by atoms with E-state index in [1.54, 1.807) is 0 Å². The van der Waals surface area contributed by atoms with Crippen molar-refractivity contribution in [1.29, 1.82) is 0 Å². The number of aromatic nitrogens is 1. The lowest BCUT2D eigenvalue weighted by atomic mass is 10.1. The minimum atomic E-state index is -1.12. The maximum absolute atomic E-state index is 13.3. The molecule has 3 heterocycles. The molecular formula is C24H28N6O9S. The van der Waals surface area contributed by atoms with Crippen molar-refractivity contribution in [3.8, 4) is 0 Å². The van der Waals surface area contributed by atoms with E-state index >= 15 is 0 Å². The van der Waals surface area contributed by atoms with E-state index in [2.05, 4.69) is 33.9 Å². The van der Waals surface area contributed by atoms with E-state index in [9.17, 15) is 24.0 Å². The van der Waals surface area contributed by atoms with Crippen LogP contribution in [0.3, 0.4) is 0 Å². The number of hydrazine groups is 1. The number of anilines is 1. The van der Waals surface area contributed by atoms with Crippen LogP contribution < -0.4 is 10.6 Å². The summed E-state index contributed by atoms with van der Waals surface area (Å²) in [5, 5.41) is 12.7. The molecule has 0 spiro atoms. The number of hydrogen-bond acceptors (Lipinski definition) is 13. The van der Waals surface area contributed by atoms with E-state index in [1.807, 2.05) is 6.92 Å². The van der Waals surface area contributed by atoms with Crippen LogP contribution in [0.25, 0.3) is 0 Å². The third-order valence-electron chi connectivity index (χ3n) is 5.22. The van der Waals surface area contributed by atoms with Crippen molar-refractivity contribution < 1.29 is 43.0 Å². The lowest BCUT2D eigenvalue weighted by molar-refractivity contribution is -0.147. The molecule has 1 aromatic heterocycles. The van der Waals surface area contributed by atoms with Gasteiger partial charge in [0, 0.05) is 11.9 Å². The Morgan fingerprint density at radius 2 is 1.90 bits per heavy atom. The highest BCUT2D eigenvalue weighted by molar-refractivity contribution is 7.14.